The van der Waals surface area contributed by atoms with Crippen molar-refractivity contribution in [2.75, 3.05) is 0 Å². The normalized spacial score (nSPS) is 14.1. The molecule has 9 nitrogen and oxygen atoms in total. The Morgan fingerprint density at radius 3 is 2.29 bits per heavy atom. The predicted molar refractivity (Wildman–Crippen MR) is 118 cm³/mol. The molecule has 0 spiro atoms. The Morgan fingerprint density at radius 1 is 1.03 bits per heavy atom. The molecule has 0 aliphatic rings. The van der Waals surface area contributed by atoms with E-state index in [4.69, 9.17) is 5.11 Å². The van der Waals surface area contributed by atoms with Crippen LogP contribution in [0.5, 0.6) is 0 Å². The molecule has 1 aromatic carbocycles. The number of hydrogen-bond acceptors (Lipinski definition) is 5. The van der Waals surface area contributed by atoms with Crippen LogP contribution < -0.4 is 10.6 Å². The van der Waals surface area contributed by atoms with Gasteiger partial charge >= 0.3 is 11.9 Å². The summed E-state index contributed by atoms with van der Waals surface area (Å²) < 4.78 is 0. The van der Waals surface area contributed by atoms with E-state index in [-0.39, 0.29) is 12.3 Å². The molecule has 0 aliphatic heterocycles. The number of fused-ring (bicyclic) bond motifs is 1. The summed E-state index contributed by atoms with van der Waals surface area (Å²) in [5, 5.41) is 23.6. The standard InChI is InChI=1S/C21H27N3O6S/c1-11(2)7-17(31)20(28)23-15(9-18(25)26)19(27)24-16(21(29)30)8-12-10-22-14-6-4-3-5-13(12)14/h3-6,10-11,15-17,22,31H,7-9H2,1-2H3,(H,23,28)(H,24,27)(H,25,26)(H,29,30). The van der Waals surface area contributed by atoms with Crippen LogP contribution in [0.3, 0.4) is 0 Å². The van der Waals surface area contributed by atoms with Crippen LogP contribution in [0.4, 0.5) is 0 Å². The second kappa shape index (κ2) is 10.9. The van der Waals surface area contributed by atoms with Gasteiger partial charge in [-0.15, -0.1) is 0 Å². The number of H-pyrrole nitrogens is 1. The van der Waals surface area contributed by atoms with Crippen molar-refractivity contribution >= 4 is 47.3 Å². The summed E-state index contributed by atoms with van der Waals surface area (Å²) in [6.07, 6.45) is 1.41. The zero-order valence-electron chi connectivity index (χ0n) is 17.3. The van der Waals surface area contributed by atoms with E-state index >= 15 is 0 Å². The minimum atomic E-state index is -1.42. The lowest BCUT2D eigenvalue weighted by molar-refractivity contribution is -0.143. The third kappa shape index (κ3) is 7.02. The molecule has 1 aromatic heterocycles. The lowest BCUT2D eigenvalue weighted by atomic mass is 10.0. The van der Waals surface area contributed by atoms with Crippen LogP contribution in [0, 0.1) is 5.92 Å². The van der Waals surface area contributed by atoms with Crippen molar-refractivity contribution in [2.45, 2.75) is 50.4 Å². The Morgan fingerprint density at radius 2 is 1.68 bits per heavy atom. The third-order valence-electron chi connectivity index (χ3n) is 4.72. The number of carbonyl (C=O) groups is 4. The van der Waals surface area contributed by atoms with Crippen LogP contribution >= 0.6 is 12.6 Å². The summed E-state index contributed by atoms with van der Waals surface area (Å²) >= 11 is 4.21. The molecule has 0 bridgehead atoms. The Labute approximate surface area is 185 Å². The van der Waals surface area contributed by atoms with E-state index in [0.29, 0.717) is 12.0 Å². The molecule has 0 fully saturated rings. The van der Waals surface area contributed by atoms with Crippen LogP contribution in [0.2, 0.25) is 0 Å². The predicted octanol–water partition coefficient (Wildman–Crippen LogP) is 1.58. The number of amides is 2. The maximum atomic E-state index is 12.7. The molecule has 0 radical (unpaired) electrons. The highest BCUT2D eigenvalue weighted by Gasteiger charge is 2.30. The third-order valence-corrected chi connectivity index (χ3v) is 5.17. The van der Waals surface area contributed by atoms with Crippen molar-refractivity contribution in [3.63, 3.8) is 0 Å². The summed E-state index contributed by atoms with van der Waals surface area (Å²) in [6.45, 7) is 3.81. The van der Waals surface area contributed by atoms with Crippen molar-refractivity contribution < 1.29 is 29.4 Å². The molecular weight excluding hydrogens is 422 g/mol. The van der Waals surface area contributed by atoms with Crippen molar-refractivity contribution in [3.8, 4) is 0 Å². The number of nitrogens with one attached hydrogen (secondary N) is 3. The van der Waals surface area contributed by atoms with Gasteiger partial charge in [0.2, 0.25) is 11.8 Å². The highest BCUT2D eigenvalue weighted by molar-refractivity contribution is 7.81. The Bertz CT molecular complexity index is 957. The fourth-order valence-corrected chi connectivity index (χ4v) is 3.69. The number of aliphatic carboxylic acids is 2. The monoisotopic (exact) mass is 449 g/mol. The van der Waals surface area contributed by atoms with Gasteiger partial charge < -0.3 is 25.8 Å². The van der Waals surface area contributed by atoms with Crippen LogP contribution in [-0.2, 0) is 25.6 Å². The Balaban J connectivity index is 2.13. The van der Waals surface area contributed by atoms with Gasteiger partial charge in [0, 0.05) is 23.5 Å². The van der Waals surface area contributed by atoms with Gasteiger partial charge in [-0.2, -0.15) is 12.6 Å². The number of aromatic amines is 1. The van der Waals surface area contributed by atoms with Crippen molar-refractivity contribution in [3.05, 3.63) is 36.0 Å². The smallest absolute Gasteiger partial charge is 0.326 e. The number of rotatable bonds is 11. The molecule has 0 saturated heterocycles. The summed E-state index contributed by atoms with van der Waals surface area (Å²) in [5.41, 5.74) is 1.52. The highest BCUT2D eigenvalue weighted by atomic mass is 32.1. The summed E-state index contributed by atoms with van der Waals surface area (Å²) in [5.74, 6) is -3.86. The lowest BCUT2D eigenvalue weighted by Crippen LogP contribution is -2.54. The number of carbonyl (C=O) groups excluding carboxylic acids is 2. The molecule has 2 aromatic rings. The maximum Gasteiger partial charge on any atom is 0.326 e. The van der Waals surface area contributed by atoms with E-state index in [0.717, 1.165) is 10.9 Å². The molecule has 0 aliphatic carbocycles. The number of carboxylic acid groups (broad SMARTS) is 2. The first-order valence-corrected chi connectivity index (χ1v) is 10.4. The molecular formula is C21H27N3O6S. The minimum Gasteiger partial charge on any atom is -0.481 e. The van der Waals surface area contributed by atoms with E-state index in [2.05, 4.69) is 28.2 Å². The van der Waals surface area contributed by atoms with Crippen LogP contribution in [-0.4, -0.2) is 56.3 Å². The average Bonchev–Trinajstić information content (AvgIpc) is 3.08. The SMILES string of the molecule is CC(C)CC(S)C(=O)NC(CC(=O)O)C(=O)NC(Cc1c[nH]c2ccccc12)C(=O)O. The molecule has 10 heteroatoms. The van der Waals surface area contributed by atoms with Gasteiger partial charge in [-0.3, -0.25) is 14.4 Å². The van der Waals surface area contributed by atoms with E-state index in [1.807, 2.05) is 38.1 Å². The van der Waals surface area contributed by atoms with E-state index in [9.17, 15) is 24.3 Å². The molecule has 168 valence electrons. The topological polar surface area (TPSA) is 149 Å². The number of benzene rings is 1. The van der Waals surface area contributed by atoms with Crippen LogP contribution in [0.1, 0.15) is 32.3 Å². The summed E-state index contributed by atoms with van der Waals surface area (Å²) in [4.78, 5) is 51.0. The van der Waals surface area contributed by atoms with E-state index < -0.39 is 47.5 Å². The first-order valence-electron chi connectivity index (χ1n) is 9.86. The Kier molecular flexibility index (Phi) is 8.49. The molecule has 3 atom stereocenters. The molecule has 0 saturated carbocycles. The van der Waals surface area contributed by atoms with E-state index in [1.54, 1.807) is 6.20 Å². The maximum absolute atomic E-state index is 12.7. The summed E-state index contributed by atoms with van der Waals surface area (Å²) in [7, 11) is 0. The first kappa shape index (κ1) is 24.3. The quantitative estimate of drug-likeness (QED) is 0.287. The first-order chi connectivity index (χ1) is 14.6. The van der Waals surface area contributed by atoms with Gasteiger partial charge in [0.05, 0.1) is 11.7 Å². The van der Waals surface area contributed by atoms with Gasteiger partial charge in [-0.1, -0.05) is 32.0 Å². The molecule has 5 N–H and O–H groups in total. The fourth-order valence-electron chi connectivity index (χ4n) is 3.20. The number of carboxylic acids is 2. The van der Waals surface area contributed by atoms with E-state index in [1.165, 1.54) is 0 Å². The van der Waals surface area contributed by atoms with Crippen molar-refractivity contribution in [1.82, 2.24) is 15.6 Å². The zero-order chi connectivity index (χ0) is 23.1. The zero-order valence-corrected chi connectivity index (χ0v) is 18.2. The Hall–Kier alpha value is -3.01. The van der Waals surface area contributed by atoms with Gasteiger partial charge in [0.15, 0.2) is 0 Å². The molecule has 31 heavy (non-hydrogen) atoms. The average molecular weight is 450 g/mol. The van der Waals surface area contributed by atoms with Crippen molar-refractivity contribution in [1.29, 1.82) is 0 Å². The van der Waals surface area contributed by atoms with Gasteiger partial charge in [-0.25, -0.2) is 4.79 Å². The van der Waals surface area contributed by atoms with Gasteiger partial charge in [0.1, 0.15) is 12.1 Å². The second-order valence-corrected chi connectivity index (χ2v) is 8.39. The lowest BCUT2D eigenvalue weighted by Gasteiger charge is -2.22. The van der Waals surface area contributed by atoms with Crippen molar-refractivity contribution in [2.24, 2.45) is 5.92 Å². The van der Waals surface area contributed by atoms with Crippen LogP contribution in [0.25, 0.3) is 10.9 Å². The minimum absolute atomic E-state index is 0.0125. The largest absolute Gasteiger partial charge is 0.481 e. The van der Waals surface area contributed by atoms with Gasteiger partial charge in [0.25, 0.3) is 0 Å². The number of hydrogen-bond donors (Lipinski definition) is 6. The highest BCUT2D eigenvalue weighted by Crippen LogP contribution is 2.19. The molecule has 2 rings (SSSR count). The number of para-hydroxylation sites is 1. The number of thiol groups is 1. The van der Waals surface area contributed by atoms with Crippen LogP contribution in [0.15, 0.2) is 30.5 Å². The molecule has 1 heterocycles. The van der Waals surface area contributed by atoms with Gasteiger partial charge in [-0.05, 0) is 24.0 Å². The second-order valence-electron chi connectivity index (χ2n) is 7.77. The fraction of sp³-hybridized carbons (Fsp3) is 0.429. The summed E-state index contributed by atoms with van der Waals surface area (Å²) in [6, 6.07) is 4.61. The molecule has 2 amide bonds. The molecule has 3 unspecified atom stereocenters. The number of aromatic nitrogens is 1.